The summed E-state index contributed by atoms with van der Waals surface area (Å²) in [5.41, 5.74) is 1.34. The summed E-state index contributed by atoms with van der Waals surface area (Å²) in [6, 6.07) is 14.4. The third kappa shape index (κ3) is 3.17. The molecule has 1 aromatic carbocycles. The minimum atomic E-state index is 0.141. The van der Waals surface area contributed by atoms with Crippen LogP contribution < -0.4 is 0 Å². The van der Waals surface area contributed by atoms with Crippen LogP contribution in [0.1, 0.15) is 23.7 Å². The second-order valence-electron chi connectivity index (χ2n) is 6.55. The van der Waals surface area contributed by atoms with E-state index in [1.165, 1.54) is 5.56 Å². The zero-order chi connectivity index (χ0) is 15.6. The lowest BCUT2D eigenvalue weighted by atomic mass is 10.2. The van der Waals surface area contributed by atoms with Crippen molar-refractivity contribution in [3.05, 3.63) is 60.1 Å². The van der Waals surface area contributed by atoms with Crippen LogP contribution in [-0.2, 0) is 11.3 Å². The fourth-order valence-corrected chi connectivity index (χ4v) is 3.49. The van der Waals surface area contributed by atoms with Gasteiger partial charge in [0.2, 0.25) is 5.91 Å². The van der Waals surface area contributed by atoms with Crippen molar-refractivity contribution in [1.82, 2.24) is 9.80 Å². The van der Waals surface area contributed by atoms with Gasteiger partial charge in [0.1, 0.15) is 5.76 Å². The van der Waals surface area contributed by atoms with E-state index in [4.69, 9.17) is 4.42 Å². The summed E-state index contributed by atoms with van der Waals surface area (Å²) in [6.07, 6.45) is 2.63. The Kier molecular flexibility index (Phi) is 3.92. The minimum absolute atomic E-state index is 0.141. The maximum Gasteiger partial charge on any atom is 0.226 e. The smallest absolute Gasteiger partial charge is 0.226 e. The molecule has 1 aliphatic carbocycles. The van der Waals surface area contributed by atoms with E-state index in [1.54, 1.807) is 6.26 Å². The van der Waals surface area contributed by atoms with Gasteiger partial charge in [0.25, 0.3) is 0 Å². The molecule has 1 aliphatic heterocycles. The summed E-state index contributed by atoms with van der Waals surface area (Å²) in [5.74, 6) is 1.72. The van der Waals surface area contributed by atoms with Crippen LogP contribution in [0.15, 0.2) is 53.1 Å². The molecule has 2 unspecified atom stereocenters. The van der Waals surface area contributed by atoms with Gasteiger partial charge < -0.3 is 9.32 Å². The van der Waals surface area contributed by atoms with Gasteiger partial charge >= 0.3 is 0 Å². The van der Waals surface area contributed by atoms with Gasteiger partial charge in [0.15, 0.2) is 0 Å². The standard InChI is InChI=1S/C19H22N2O2/c22-19(17-13-16(17)18-7-4-12-23-18)21-10-8-20(9-11-21)14-15-5-2-1-3-6-15/h1-7,12,16-17H,8-11,13-14H2. The van der Waals surface area contributed by atoms with E-state index < -0.39 is 0 Å². The third-order valence-corrected chi connectivity index (χ3v) is 4.95. The lowest BCUT2D eigenvalue weighted by molar-refractivity contribution is -0.134. The number of furan rings is 1. The summed E-state index contributed by atoms with van der Waals surface area (Å²) >= 11 is 0. The number of hydrogen-bond acceptors (Lipinski definition) is 3. The molecule has 2 aliphatic rings. The van der Waals surface area contributed by atoms with Gasteiger partial charge in [-0.15, -0.1) is 0 Å². The van der Waals surface area contributed by atoms with Crippen molar-refractivity contribution in [2.75, 3.05) is 26.2 Å². The van der Waals surface area contributed by atoms with E-state index in [1.807, 2.05) is 23.1 Å². The van der Waals surface area contributed by atoms with Crippen LogP contribution >= 0.6 is 0 Å². The zero-order valence-electron chi connectivity index (χ0n) is 13.2. The number of hydrogen-bond donors (Lipinski definition) is 0. The largest absolute Gasteiger partial charge is 0.469 e. The number of rotatable bonds is 4. The number of nitrogens with zero attached hydrogens (tertiary/aromatic N) is 2. The van der Waals surface area contributed by atoms with Crippen molar-refractivity contribution in [3.8, 4) is 0 Å². The van der Waals surface area contributed by atoms with E-state index in [9.17, 15) is 4.79 Å². The molecule has 23 heavy (non-hydrogen) atoms. The lowest BCUT2D eigenvalue weighted by Gasteiger charge is -2.35. The molecule has 4 nitrogen and oxygen atoms in total. The van der Waals surface area contributed by atoms with Crippen LogP contribution in [0.3, 0.4) is 0 Å². The summed E-state index contributed by atoms with van der Waals surface area (Å²) in [6.45, 7) is 4.57. The summed E-state index contributed by atoms with van der Waals surface area (Å²) in [5, 5.41) is 0. The normalized spacial score (nSPS) is 24.6. The second kappa shape index (κ2) is 6.20. The Morgan fingerprint density at radius 1 is 1.04 bits per heavy atom. The highest BCUT2D eigenvalue weighted by molar-refractivity contribution is 5.83. The van der Waals surface area contributed by atoms with E-state index in [-0.39, 0.29) is 5.92 Å². The highest BCUT2D eigenvalue weighted by atomic mass is 16.3. The van der Waals surface area contributed by atoms with Crippen molar-refractivity contribution in [3.63, 3.8) is 0 Å². The van der Waals surface area contributed by atoms with Crippen LogP contribution in [0, 0.1) is 5.92 Å². The number of carbonyl (C=O) groups excluding carboxylic acids is 1. The first kappa shape index (κ1) is 14.5. The number of piperazine rings is 1. The zero-order valence-corrected chi connectivity index (χ0v) is 13.2. The lowest BCUT2D eigenvalue weighted by Crippen LogP contribution is -2.48. The Balaban J connectivity index is 1.28. The average molecular weight is 310 g/mol. The number of amides is 1. The van der Waals surface area contributed by atoms with E-state index in [0.29, 0.717) is 11.8 Å². The fourth-order valence-electron chi connectivity index (χ4n) is 3.49. The Labute approximate surface area is 136 Å². The van der Waals surface area contributed by atoms with Crippen LogP contribution in [0.5, 0.6) is 0 Å². The van der Waals surface area contributed by atoms with Gasteiger partial charge in [-0.1, -0.05) is 30.3 Å². The summed E-state index contributed by atoms with van der Waals surface area (Å²) in [7, 11) is 0. The Bertz CT molecular complexity index is 645. The van der Waals surface area contributed by atoms with Gasteiger partial charge in [-0.2, -0.15) is 0 Å². The van der Waals surface area contributed by atoms with Crippen molar-refractivity contribution in [1.29, 1.82) is 0 Å². The van der Waals surface area contributed by atoms with Crippen molar-refractivity contribution < 1.29 is 9.21 Å². The molecule has 2 heterocycles. The molecule has 4 rings (SSSR count). The quantitative estimate of drug-likeness (QED) is 0.871. The van der Waals surface area contributed by atoms with Crippen LogP contribution in [0.2, 0.25) is 0 Å². The molecule has 1 amide bonds. The average Bonchev–Trinajstić information content (AvgIpc) is 3.21. The van der Waals surface area contributed by atoms with Gasteiger partial charge in [0.05, 0.1) is 6.26 Å². The van der Waals surface area contributed by atoms with Gasteiger partial charge in [-0.05, 0) is 24.1 Å². The maximum atomic E-state index is 12.6. The van der Waals surface area contributed by atoms with E-state index in [2.05, 4.69) is 29.2 Å². The van der Waals surface area contributed by atoms with Gasteiger partial charge in [0, 0.05) is 44.6 Å². The Morgan fingerprint density at radius 2 is 1.83 bits per heavy atom. The third-order valence-electron chi connectivity index (χ3n) is 4.95. The number of benzene rings is 1. The van der Waals surface area contributed by atoms with Crippen LogP contribution in [0.4, 0.5) is 0 Å². The molecule has 1 saturated carbocycles. The summed E-state index contributed by atoms with van der Waals surface area (Å²) in [4.78, 5) is 17.1. The first-order valence-electron chi connectivity index (χ1n) is 8.40. The molecule has 1 saturated heterocycles. The predicted molar refractivity (Wildman–Crippen MR) is 87.9 cm³/mol. The first-order valence-corrected chi connectivity index (χ1v) is 8.40. The van der Waals surface area contributed by atoms with E-state index >= 15 is 0 Å². The topological polar surface area (TPSA) is 36.7 Å². The van der Waals surface area contributed by atoms with Crippen molar-refractivity contribution >= 4 is 5.91 Å². The van der Waals surface area contributed by atoms with Crippen LogP contribution in [-0.4, -0.2) is 41.9 Å². The molecular weight excluding hydrogens is 288 g/mol. The molecule has 0 N–H and O–H groups in total. The Hall–Kier alpha value is -2.07. The first-order chi connectivity index (χ1) is 11.3. The van der Waals surface area contributed by atoms with Gasteiger partial charge in [-0.3, -0.25) is 9.69 Å². The summed E-state index contributed by atoms with van der Waals surface area (Å²) < 4.78 is 5.43. The minimum Gasteiger partial charge on any atom is -0.469 e. The Morgan fingerprint density at radius 3 is 2.52 bits per heavy atom. The molecule has 1 aromatic heterocycles. The van der Waals surface area contributed by atoms with Crippen molar-refractivity contribution in [2.24, 2.45) is 5.92 Å². The molecule has 2 fully saturated rings. The maximum absolute atomic E-state index is 12.6. The van der Waals surface area contributed by atoms with E-state index in [0.717, 1.165) is 44.9 Å². The highest BCUT2D eigenvalue weighted by Gasteiger charge is 2.47. The highest BCUT2D eigenvalue weighted by Crippen LogP contribution is 2.48. The molecule has 4 heteroatoms. The molecule has 120 valence electrons. The molecule has 2 atom stereocenters. The SMILES string of the molecule is O=C(C1CC1c1ccco1)N1CCN(Cc2ccccc2)CC1. The molecule has 2 aromatic rings. The number of carbonyl (C=O) groups is 1. The van der Waals surface area contributed by atoms with Crippen LogP contribution in [0.25, 0.3) is 0 Å². The van der Waals surface area contributed by atoms with Gasteiger partial charge in [-0.25, -0.2) is 0 Å². The second-order valence-corrected chi connectivity index (χ2v) is 6.55. The molecule has 0 radical (unpaired) electrons. The van der Waals surface area contributed by atoms with Crippen molar-refractivity contribution in [2.45, 2.75) is 18.9 Å². The molecular formula is C19H22N2O2. The predicted octanol–water partition coefficient (Wildman–Crippen LogP) is 2.73. The monoisotopic (exact) mass is 310 g/mol. The molecule has 0 spiro atoms. The fraction of sp³-hybridized carbons (Fsp3) is 0.421. The molecule has 0 bridgehead atoms.